The Kier molecular flexibility index (Phi) is 11.1. The Morgan fingerprint density at radius 1 is 0.471 bits per heavy atom. The Morgan fingerprint density at radius 2 is 0.853 bits per heavy atom. The van der Waals surface area contributed by atoms with Crippen LogP contribution in [0.1, 0.15) is 102 Å². The van der Waals surface area contributed by atoms with Crippen LogP contribution in [-0.4, -0.2) is 13.2 Å². The molecule has 0 N–H and O–H groups in total. The van der Waals surface area contributed by atoms with Crippen molar-refractivity contribution in [1.82, 2.24) is 0 Å². The lowest BCUT2D eigenvalue weighted by Gasteiger charge is -2.19. The minimum Gasteiger partial charge on any atom is -0.492 e. The van der Waals surface area contributed by atoms with Crippen LogP contribution in [-0.2, 0) is 0 Å². The lowest BCUT2D eigenvalue weighted by atomic mass is 9.97. The van der Waals surface area contributed by atoms with Crippen LogP contribution in [0.5, 0.6) is 11.5 Å². The van der Waals surface area contributed by atoms with E-state index in [1.54, 1.807) is 0 Å². The maximum atomic E-state index is 6.51. The minimum atomic E-state index is 0.774. The van der Waals surface area contributed by atoms with Gasteiger partial charge in [0.2, 0.25) is 0 Å². The van der Waals surface area contributed by atoms with Crippen LogP contribution in [0.3, 0.4) is 0 Å². The zero-order valence-corrected chi connectivity index (χ0v) is 22.2. The van der Waals surface area contributed by atoms with Crippen molar-refractivity contribution in [3.05, 3.63) is 47.5 Å². The third-order valence-electron chi connectivity index (χ3n) is 6.82. The molecule has 186 valence electrons. The average molecular weight is 463 g/mol. The largest absolute Gasteiger partial charge is 0.492 e. The minimum absolute atomic E-state index is 0.774. The molecule has 0 saturated carbocycles. The van der Waals surface area contributed by atoms with Crippen molar-refractivity contribution in [2.24, 2.45) is 0 Å². The first-order chi connectivity index (χ1) is 16.7. The second-order valence-electron chi connectivity index (χ2n) is 9.99. The molecular formula is C32H46O2. The van der Waals surface area contributed by atoms with E-state index in [2.05, 4.69) is 64.1 Å². The third kappa shape index (κ3) is 7.39. The van der Waals surface area contributed by atoms with Gasteiger partial charge in [0, 0.05) is 21.5 Å². The van der Waals surface area contributed by atoms with Crippen LogP contribution in [0, 0.1) is 13.8 Å². The first-order valence-corrected chi connectivity index (χ1v) is 13.9. The molecule has 0 aromatic heterocycles. The number of hydrogen-bond donors (Lipinski definition) is 0. The van der Waals surface area contributed by atoms with Crippen molar-refractivity contribution < 1.29 is 9.47 Å². The van der Waals surface area contributed by atoms with Gasteiger partial charge >= 0.3 is 0 Å². The topological polar surface area (TPSA) is 18.5 Å². The lowest BCUT2D eigenvalue weighted by molar-refractivity contribution is 0.306. The highest BCUT2D eigenvalue weighted by molar-refractivity contribution is 6.11. The molecule has 0 aliphatic rings. The molecule has 0 saturated heterocycles. The second kappa shape index (κ2) is 14.2. The highest BCUT2D eigenvalue weighted by atomic mass is 16.5. The van der Waals surface area contributed by atoms with E-state index in [1.165, 1.54) is 96.9 Å². The summed E-state index contributed by atoms with van der Waals surface area (Å²) in [6.07, 6.45) is 15.3. The fraction of sp³-hybridized carbons (Fsp3) is 0.562. The van der Waals surface area contributed by atoms with Gasteiger partial charge < -0.3 is 9.47 Å². The predicted molar refractivity (Wildman–Crippen MR) is 149 cm³/mol. The summed E-state index contributed by atoms with van der Waals surface area (Å²) >= 11 is 0. The summed E-state index contributed by atoms with van der Waals surface area (Å²) in [5.41, 5.74) is 2.51. The van der Waals surface area contributed by atoms with E-state index in [0.717, 1.165) is 37.6 Å². The van der Waals surface area contributed by atoms with Gasteiger partial charge in [-0.25, -0.2) is 0 Å². The number of aryl methyl sites for hydroxylation is 2. The van der Waals surface area contributed by atoms with Gasteiger partial charge in [-0.1, -0.05) is 113 Å². The molecule has 3 aromatic carbocycles. The Labute approximate surface area is 208 Å². The zero-order chi connectivity index (χ0) is 24.2. The van der Waals surface area contributed by atoms with Gasteiger partial charge in [-0.15, -0.1) is 0 Å². The maximum Gasteiger partial charge on any atom is 0.135 e. The lowest BCUT2D eigenvalue weighted by Crippen LogP contribution is -2.03. The van der Waals surface area contributed by atoms with E-state index in [4.69, 9.17) is 9.47 Å². The Balaban J connectivity index is 1.82. The molecule has 0 heterocycles. The molecule has 2 nitrogen and oxygen atoms in total. The standard InChI is InChI=1S/C32H46O2/c1-5-7-9-11-13-15-21-33-31-27-19-17-26(4)24-30(27)32(28-20-18-25(3)23-29(28)31)34-22-16-14-12-10-8-6-2/h17-20,23-24H,5-16,21-22H2,1-4H3. The van der Waals surface area contributed by atoms with E-state index in [-0.39, 0.29) is 0 Å². The average Bonchev–Trinajstić information content (AvgIpc) is 2.83. The molecule has 3 rings (SSSR count). The van der Waals surface area contributed by atoms with Crippen molar-refractivity contribution in [3.63, 3.8) is 0 Å². The van der Waals surface area contributed by atoms with E-state index < -0.39 is 0 Å². The van der Waals surface area contributed by atoms with Gasteiger partial charge in [-0.2, -0.15) is 0 Å². The summed E-state index contributed by atoms with van der Waals surface area (Å²) in [5.74, 6) is 2.04. The number of benzene rings is 3. The third-order valence-corrected chi connectivity index (χ3v) is 6.82. The van der Waals surface area contributed by atoms with Crippen LogP contribution in [0.15, 0.2) is 36.4 Å². The number of ether oxygens (including phenoxy) is 2. The van der Waals surface area contributed by atoms with Gasteiger partial charge in [-0.3, -0.25) is 0 Å². The maximum absolute atomic E-state index is 6.51. The Hall–Kier alpha value is -2.22. The first kappa shape index (κ1) is 26.4. The molecule has 0 unspecified atom stereocenters. The zero-order valence-electron chi connectivity index (χ0n) is 22.2. The molecule has 0 aliphatic heterocycles. The molecule has 0 spiro atoms. The first-order valence-electron chi connectivity index (χ1n) is 13.9. The Bertz CT molecular complexity index is 937. The summed E-state index contributed by atoms with van der Waals surface area (Å²) in [7, 11) is 0. The number of unbranched alkanes of at least 4 members (excludes halogenated alkanes) is 10. The summed E-state index contributed by atoms with van der Waals surface area (Å²) in [5, 5.41) is 4.71. The molecule has 2 heteroatoms. The highest BCUT2D eigenvalue weighted by Gasteiger charge is 2.17. The molecule has 0 atom stereocenters. The van der Waals surface area contributed by atoms with Crippen molar-refractivity contribution >= 4 is 21.5 Å². The molecule has 0 amide bonds. The van der Waals surface area contributed by atoms with Gasteiger partial charge in [-0.05, 0) is 38.8 Å². The SMILES string of the molecule is CCCCCCCCOc1c2ccc(C)cc2c(OCCCCCCCC)c2ccc(C)cc12. The van der Waals surface area contributed by atoms with E-state index in [9.17, 15) is 0 Å². The molecule has 0 radical (unpaired) electrons. The monoisotopic (exact) mass is 462 g/mol. The molecular weight excluding hydrogens is 416 g/mol. The quantitative estimate of drug-likeness (QED) is 0.156. The fourth-order valence-electron chi connectivity index (χ4n) is 4.80. The van der Waals surface area contributed by atoms with Crippen LogP contribution in [0.4, 0.5) is 0 Å². The van der Waals surface area contributed by atoms with Crippen molar-refractivity contribution in [3.8, 4) is 11.5 Å². The van der Waals surface area contributed by atoms with Gasteiger partial charge in [0.25, 0.3) is 0 Å². The van der Waals surface area contributed by atoms with Crippen LogP contribution in [0.25, 0.3) is 21.5 Å². The van der Waals surface area contributed by atoms with E-state index >= 15 is 0 Å². The molecule has 34 heavy (non-hydrogen) atoms. The van der Waals surface area contributed by atoms with Crippen molar-refractivity contribution in [2.75, 3.05) is 13.2 Å². The summed E-state index contributed by atoms with van der Waals surface area (Å²) in [4.78, 5) is 0. The van der Waals surface area contributed by atoms with Crippen molar-refractivity contribution in [1.29, 1.82) is 0 Å². The van der Waals surface area contributed by atoms with Gasteiger partial charge in [0.15, 0.2) is 0 Å². The van der Waals surface area contributed by atoms with Crippen LogP contribution < -0.4 is 9.47 Å². The van der Waals surface area contributed by atoms with Gasteiger partial charge in [0.05, 0.1) is 13.2 Å². The molecule has 3 aromatic rings. The summed E-state index contributed by atoms with van der Waals surface area (Å²) in [6, 6.07) is 13.4. The Morgan fingerprint density at radius 3 is 1.26 bits per heavy atom. The van der Waals surface area contributed by atoms with E-state index in [1.807, 2.05) is 0 Å². The van der Waals surface area contributed by atoms with Crippen LogP contribution in [0.2, 0.25) is 0 Å². The highest BCUT2D eigenvalue weighted by Crippen LogP contribution is 2.43. The van der Waals surface area contributed by atoms with E-state index in [0.29, 0.717) is 0 Å². The number of rotatable bonds is 16. The predicted octanol–water partition coefficient (Wildman–Crippen LogP) is 10.1. The summed E-state index contributed by atoms with van der Waals surface area (Å²) in [6.45, 7) is 10.4. The second-order valence-corrected chi connectivity index (χ2v) is 9.99. The summed E-state index contributed by atoms with van der Waals surface area (Å²) < 4.78 is 13.0. The molecule has 0 aliphatic carbocycles. The number of hydrogen-bond acceptors (Lipinski definition) is 2. The smallest absolute Gasteiger partial charge is 0.135 e. The van der Waals surface area contributed by atoms with Gasteiger partial charge in [0.1, 0.15) is 11.5 Å². The fourth-order valence-corrected chi connectivity index (χ4v) is 4.80. The number of fused-ring (bicyclic) bond motifs is 2. The van der Waals surface area contributed by atoms with Crippen LogP contribution >= 0.6 is 0 Å². The normalized spacial score (nSPS) is 11.4. The van der Waals surface area contributed by atoms with Crippen molar-refractivity contribution in [2.45, 2.75) is 105 Å². The molecule has 0 bridgehead atoms. The molecule has 0 fully saturated rings.